The molecular formula is C16H21N3O2. The van der Waals surface area contributed by atoms with E-state index in [1.54, 1.807) is 10.9 Å². The predicted octanol–water partition coefficient (Wildman–Crippen LogP) is 2.29. The van der Waals surface area contributed by atoms with E-state index < -0.39 is 0 Å². The van der Waals surface area contributed by atoms with Crippen LogP contribution in [0.5, 0.6) is 5.75 Å². The van der Waals surface area contributed by atoms with Gasteiger partial charge in [0.15, 0.2) is 6.61 Å². The predicted molar refractivity (Wildman–Crippen MR) is 81.2 cm³/mol. The summed E-state index contributed by atoms with van der Waals surface area (Å²) >= 11 is 0. The van der Waals surface area contributed by atoms with Crippen molar-refractivity contribution in [1.82, 2.24) is 15.1 Å². The van der Waals surface area contributed by atoms with Gasteiger partial charge in [0.25, 0.3) is 5.91 Å². The van der Waals surface area contributed by atoms with Crippen molar-refractivity contribution in [3.8, 4) is 5.75 Å². The fourth-order valence-electron chi connectivity index (χ4n) is 2.09. The molecule has 1 aromatic heterocycles. The maximum absolute atomic E-state index is 11.9. The quantitative estimate of drug-likeness (QED) is 0.918. The van der Waals surface area contributed by atoms with E-state index in [4.69, 9.17) is 4.74 Å². The molecule has 0 aliphatic rings. The summed E-state index contributed by atoms with van der Waals surface area (Å²) in [4.78, 5) is 11.9. The first kappa shape index (κ1) is 15.1. The van der Waals surface area contributed by atoms with Gasteiger partial charge in [0, 0.05) is 18.3 Å². The lowest BCUT2D eigenvalue weighted by Crippen LogP contribution is -2.31. The summed E-state index contributed by atoms with van der Waals surface area (Å²) in [7, 11) is 1.88. The number of benzene rings is 1. The van der Waals surface area contributed by atoms with Crippen LogP contribution in [-0.2, 0) is 11.8 Å². The molecule has 1 N–H and O–H groups in total. The molecule has 0 bridgehead atoms. The maximum atomic E-state index is 11.9. The first-order chi connectivity index (χ1) is 9.97. The van der Waals surface area contributed by atoms with Gasteiger partial charge in [0.05, 0.1) is 12.2 Å². The van der Waals surface area contributed by atoms with E-state index in [1.165, 1.54) is 0 Å². The fourth-order valence-corrected chi connectivity index (χ4v) is 2.09. The molecule has 0 fully saturated rings. The number of aryl methyl sites for hydroxylation is 2. The molecule has 1 amide bonds. The number of hydrogen-bond acceptors (Lipinski definition) is 3. The molecule has 21 heavy (non-hydrogen) atoms. The number of amides is 1. The summed E-state index contributed by atoms with van der Waals surface area (Å²) in [5.74, 6) is 0.548. The number of aromatic nitrogens is 2. The molecule has 0 saturated carbocycles. The van der Waals surface area contributed by atoms with E-state index in [1.807, 2.05) is 52.1 Å². The zero-order chi connectivity index (χ0) is 15.4. The summed E-state index contributed by atoms with van der Waals surface area (Å²) in [6, 6.07) is 7.53. The highest BCUT2D eigenvalue weighted by Crippen LogP contribution is 2.16. The minimum absolute atomic E-state index is 0.00666. The molecule has 0 spiro atoms. The van der Waals surface area contributed by atoms with Crippen LogP contribution >= 0.6 is 0 Å². The minimum atomic E-state index is -0.147. The Morgan fingerprint density at radius 1 is 1.33 bits per heavy atom. The topological polar surface area (TPSA) is 56.1 Å². The first-order valence-corrected chi connectivity index (χ1v) is 6.94. The summed E-state index contributed by atoms with van der Waals surface area (Å²) in [5.41, 5.74) is 3.22. The fraction of sp³-hybridized carbons (Fsp3) is 0.375. The van der Waals surface area contributed by atoms with Crippen molar-refractivity contribution < 1.29 is 9.53 Å². The minimum Gasteiger partial charge on any atom is -0.484 e. The van der Waals surface area contributed by atoms with Gasteiger partial charge in [-0.15, -0.1) is 0 Å². The normalized spacial score (nSPS) is 12.0. The number of nitrogens with one attached hydrogen (secondary N) is 1. The van der Waals surface area contributed by atoms with Crippen LogP contribution in [0.1, 0.15) is 29.8 Å². The van der Waals surface area contributed by atoms with Gasteiger partial charge in [0.1, 0.15) is 5.75 Å². The van der Waals surface area contributed by atoms with Crippen LogP contribution in [0.2, 0.25) is 0 Å². The van der Waals surface area contributed by atoms with Gasteiger partial charge in [-0.2, -0.15) is 5.10 Å². The number of hydrogen-bond donors (Lipinski definition) is 1. The molecule has 5 nitrogen and oxygen atoms in total. The zero-order valence-electron chi connectivity index (χ0n) is 12.9. The molecule has 0 radical (unpaired) electrons. The molecule has 2 rings (SSSR count). The summed E-state index contributed by atoms with van der Waals surface area (Å²) < 4.78 is 7.25. The Bertz CT molecular complexity index is 617. The van der Waals surface area contributed by atoms with Gasteiger partial charge in [-0.1, -0.05) is 17.7 Å². The van der Waals surface area contributed by atoms with Crippen LogP contribution in [0.25, 0.3) is 0 Å². The van der Waals surface area contributed by atoms with Crippen LogP contribution in [-0.4, -0.2) is 22.3 Å². The van der Waals surface area contributed by atoms with Crippen molar-refractivity contribution in [2.75, 3.05) is 6.61 Å². The van der Waals surface area contributed by atoms with Crippen LogP contribution < -0.4 is 10.1 Å². The monoisotopic (exact) mass is 287 g/mol. The van der Waals surface area contributed by atoms with Crippen molar-refractivity contribution in [2.45, 2.75) is 26.8 Å². The molecule has 1 atom stereocenters. The lowest BCUT2D eigenvalue weighted by atomic mass is 10.1. The lowest BCUT2D eigenvalue weighted by Gasteiger charge is -2.14. The highest BCUT2D eigenvalue weighted by atomic mass is 16.5. The van der Waals surface area contributed by atoms with Gasteiger partial charge in [0.2, 0.25) is 0 Å². The number of carbonyl (C=O) groups is 1. The smallest absolute Gasteiger partial charge is 0.258 e. The van der Waals surface area contributed by atoms with Gasteiger partial charge < -0.3 is 10.1 Å². The second-order valence-electron chi connectivity index (χ2n) is 5.20. The van der Waals surface area contributed by atoms with Crippen molar-refractivity contribution in [3.63, 3.8) is 0 Å². The Morgan fingerprint density at radius 2 is 2.00 bits per heavy atom. The summed E-state index contributed by atoms with van der Waals surface area (Å²) in [6.07, 6.45) is 1.78. The van der Waals surface area contributed by atoms with Gasteiger partial charge in [-0.3, -0.25) is 9.48 Å². The Morgan fingerprint density at radius 3 is 2.57 bits per heavy atom. The van der Waals surface area contributed by atoms with E-state index >= 15 is 0 Å². The van der Waals surface area contributed by atoms with Crippen LogP contribution in [0, 0.1) is 13.8 Å². The largest absolute Gasteiger partial charge is 0.484 e. The highest BCUT2D eigenvalue weighted by molar-refractivity contribution is 5.78. The molecule has 2 aromatic rings. The molecule has 1 heterocycles. The first-order valence-electron chi connectivity index (χ1n) is 6.94. The van der Waals surface area contributed by atoms with Gasteiger partial charge in [-0.05, 0) is 32.9 Å². The van der Waals surface area contributed by atoms with Crippen molar-refractivity contribution in [3.05, 3.63) is 47.3 Å². The van der Waals surface area contributed by atoms with E-state index in [0.29, 0.717) is 5.75 Å². The Balaban J connectivity index is 1.87. The van der Waals surface area contributed by atoms with E-state index in [0.717, 1.165) is 16.8 Å². The molecule has 112 valence electrons. The number of carbonyl (C=O) groups excluding carboxylic acids is 1. The SMILES string of the molecule is Cc1ccc(OCC(=O)N[C@H](C)c2cnn(C)c2C)cc1. The van der Waals surface area contributed by atoms with E-state index in [9.17, 15) is 4.79 Å². The third-order valence-electron chi connectivity index (χ3n) is 3.51. The Hall–Kier alpha value is -2.30. The molecule has 0 aliphatic heterocycles. The number of rotatable bonds is 5. The van der Waals surface area contributed by atoms with Crippen molar-refractivity contribution in [2.24, 2.45) is 7.05 Å². The van der Waals surface area contributed by atoms with Crippen molar-refractivity contribution in [1.29, 1.82) is 0 Å². The highest BCUT2D eigenvalue weighted by Gasteiger charge is 2.14. The maximum Gasteiger partial charge on any atom is 0.258 e. The standard InChI is InChI=1S/C16H21N3O2/c1-11-5-7-14(8-6-11)21-10-16(20)18-12(2)15-9-17-19(4)13(15)3/h5-9,12H,10H2,1-4H3,(H,18,20)/t12-/m1/s1. The zero-order valence-corrected chi connectivity index (χ0v) is 12.9. The molecule has 0 unspecified atom stereocenters. The Labute approximate surface area is 124 Å². The molecule has 5 heteroatoms. The third kappa shape index (κ3) is 3.84. The van der Waals surface area contributed by atoms with Crippen LogP contribution in [0.15, 0.2) is 30.5 Å². The van der Waals surface area contributed by atoms with Gasteiger partial charge >= 0.3 is 0 Å². The number of nitrogens with zero attached hydrogens (tertiary/aromatic N) is 2. The second-order valence-corrected chi connectivity index (χ2v) is 5.20. The van der Waals surface area contributed by atoms with Crippen LogP contribution in [0.3, 0.4) is 0 Å². The lowest BCUT2D eigenvalue weighted by molar-refractivity contribution is -0.123. The Kier molecular flexibility index (Phi) is 4.62. The average Bonchev–Trinajstić information content (AvgIpc) is 2.78. The second kappa shape index (κ2) is 6.43. The number of ether oxygens (including phenoxy) is 1. The van der Waals surface area contributed by atoms with Crippen molar-refractivity contribution >= 4 is 5.91 Å². The molecule has 0 saturated heterocycles. The summed E-state index contributed by atoms with van der Waals surface area (Å²) in [5, 5.41) is 7.10. The molecule has 1 aromatic carbocycles. The van der Waals surface area contributed by atoms with E-state index in [-0.39, 0.29) is 18.6 Å². The average molecular weight is 287 g/mol. The molecule has 0 aliphatic carbocycles. The van der Waals surface area contributed by atoms with Gasteiger partial charge in [-0.25, -0.2) is 0 Å². The third-order valence-corrected chi connectivity index (χ3v) is 3.51. The van der Waals surface area contributed by atoms with E-state index in [2.05, 4.69) is 10.4 Å². The molecular weight excluding hydrogens is 266 g/mol. The van der Waals surface area contributed by atoms with Crippen LogP contribution in [0.4, 0.5) is 0 Å². The summed E-state index contributed by atoms with van der Waals surface area (Å²) in [6.45, 7) is 5.93.